The van der Waals surface area contributed by atoms with Gasteiger partial charge >= 0.3 is 5.97 Å². The lowest BCUT2D eigenvalue weighted by Crippen LogP contribution is -2.27. The van der Waals surface area contributed by atoms with Crippen molar-refractivity contribution in [1.82, 2.24) is 4.90 Å². The summed E-state index contributed by atoms with van der Waals surface area (Å²) in [6.07, 6.45) is 0. The SMILES string of the molecule is COC(=O)c1ccccc1NS(=O)(=O)c1ccc(OCC(=O)N(C)C)cc1. The maximum atomic E-state index is 12.6. The number of amides is 1. The predicted octanol–water partition coefficient (Wildman–Crippen LogP) is 1.74. The molecule has 0 aromatic heterocycles. The molecule has 1 N–H and O–H groups in total. The van der Waals surface area contributed by atoms with Crippen molar-refractivity contribution in [2.45, 2.75) is 4.90 Å². The monoisotopic (exact) mass is 392 g/mol. The zero-order chi connectivity index (χ0) is 20.0. The molecule has 9 heteroatoms. The van der Waals surface area contributed by atoms with Gasteiger partial charge in [-0.05, 0) is 36.4 Å². The van der Waals surface area contributed by atoms with Gasteiger partial charge in [0, 0.05) is 14.1 Å². The number of para-hydroxylation sites is 1. The summed E-state index contributed by atoms with van der Waals surface area (Å²) >= 11 is 0. The molecular formula is C18H20N2O6S. The van der Waals surface area contributed by atoms with Crippen LogP contribution in [0.15, 0.2) is 53.4 Å². The van der Waals surface area contributed by atoms with Gasteiger partial charge in [0.1, 0.15) is 5.75 Å². The van der Waals surface area contributed by atoms with E-state index in [0.29, 0.717) is 5.75 Å². The first kappa shape index (κ1) is 20.2. The fourth-order valence-electron chi connectivity index (χ4n) is 2.05. The topological polar surface area (TPSA) is 102 Å². The molecule has 8 nitrogen and oxygen atoms in total. The molecule has 0 bridgehead atoms. The van der Waals surface area contributed by atoms with E-state index in [0.717, 1.165) is 0 Å². The van der Waals surface area contributed by atoms with Crippen LogP contribution in [-0.2, 0) is 19.6 Å². The van der Waals surface area contributed by atoms with Crippen molar-refractivity contribution < 1.29 is 27.5 Å². The number of methoxy groups -OCH3 is 1. The molecule has 0 atom stereocenters. The number of esters is 1. The quantitative estimate of drug-likeness (QED) is 0.720. The Morgan fingerprint density at radius 1 is 1.04 bits per heavy atom. The first-order valence-corrected chi connectivity index (χ1v) is 9.36. The Balaban J connectivity index is 2.16. The van der Waals surface area contributed by atoms with Crippen LogP contribution in [0.4, 0.5) is 5.69 Å². The molecule has 0 radical (unpaired) electrons. The third-order valence-electron chi connectivity index (χ3n) is 3.57. The smallest absolute Gasteiger partial charge is 0.339 e. The zero-order valence-corrected chi connectivity index (χ0v) is 15.9. The van der Waals surface area contributed by atoms with Crippen LogP contribution in [0.2, 0.25) is 0 Å². The molecule has 2 aromatic carbocycles. The largest absolute Gasteiger partial charge is 0.484 e. The number of benzene rings is 2. The van der Waals surface area contributed by atoms with Crippen LogP contribution in [0.25, 0.3) is 0 Å². The van der Waals surface area contributed by atoms with Gasteiger partial charge in [-0.15, -0.1) is 0 Å². The van der Waals surface area contributed by atoms with Crippen molar-refractivity contribution >= 4 is 27.6 Å². The summed E-state index contributed by atoms with van der Waals surface area (Å²) in [5.41, 5.74) is 0.215. The third-order valence-corrected chi connectivity index (χ3v) is 4.95. The Morgan fingerprint density at radius 2 is 1.67 bits per heavy atom. The van der Waals surface area contributed by atoms with E-state index in [2.05, 4.69) is 9.46 Å². The van der Waals surface area contributed by atoms with Crippen molar-refractivity contribution in [3.8, 4) is 5.75 Å². The summed E-state index contributed by atoms with van der Waals surface area (Å²) in [5, 5.41) is 0. The van der Waals surface area contributed by atoms with Gasteiger partial charge in [0.05, 0.1) is 23.3 Å². The van der Waals surface area contributed by atoms with Gasteiger partial charge in [-0.2, -0.15) is 0 Å². The summed E-state index contributed by atoms with van der Waals surface area (Å²) in [6, 6.07) is 11.7. The van der Waals surface area contributed by atoms with Crippen LogP contribution < -0.4 is 9.46 Å². The number of likely N-dealkylation sites (N-methyl/N-ethyl adjacent to an activating group) is 1. The van der Waals surface area contributed by atoms with E-state index >= 15 is 0 Å². The fraction of sp³-hybridized carbons (Fsp3) is 0.222. The number of hydrogen-bond acceptors (Lipinski definition) is 6. The first-order valence-electron chi connectivity index (χ1n) is 7.88. The van der Waals surface area contributed by atoms with Crippen molar-refractivity contribution in [2.75, 3.05) is 32.5 Å². The molecule has 2 rings (SSSR count). The number of carbonyl (C=O) groups is 2. The molecule has 0 aliphatic rings. The Bertz CT molecular complexity index is 923. The fourth-order valence-corrected chi connectivity index (χ4v) is 3.13. The van der Waals surface area contributed by atoms with Gasteiger partial charge < -0.3 is 14.4 Å². The van der Waals surface area contributed by atoms with Gasteiger partial charge in [-0.3, -0.25) is 9.52 Å². The number of ether oxygens (including phenoxy) is 2. The molecule has 0 saturated heterocycles. The van der Waals surface area contributed by atoms with Crippen LogP contribution in [-0.4, -0.2) is 53.0 Å². The zero-order valence-electron chi connectivity index (χ0n) is 15.1. The molecule has 1 amide bonds. The van der Waals surface area contributed by atoms with Crippen LogP contribution >= 0.6 is 0 Å². The van der Waals surface area contributed by atoms with Crippen molar-refractivity contribution in [2.24, 2.45) is 0 Å². The summed E-state index contributed by atoms with van der Waals surface area (Å²) in [6.45, 7) is -0.149. The summed E-state index contributed by atoms with van der Waals surface area (Å²) in [5.74, 6) is -0.505. The number of anilines is 1. The van der Waals surface area contributed by atoms with E-state index in [1.165, 1.54) is 48.4 Å². The van der Waals surface area contributed by atoms with Crippen molar-refractivity contribution in [3.05, 3.63) is 54.1 Å². The molecule has 0 fully saturated rings. The van der Waals surface area contributed by atoms with E-state index in [-0.39, 0.29) is 28.7 Å². The molecule has 0 aliphatic carbocycles. The maximum Gasteiger partial charge on any atom is 0.339 e. The minimum Gasteiger partial charge on any atom is -0.484 e. The number of hydrogen-bond donors (Lipinski definition) is 1. The predicted molar refractivity (Wildman–Crippen MR) is 99.2 cm³/mol. The van der Waals surface area contributed by atoms with Gasteiger partial charge in [-0.1, -0.05) is 12.1 Å². The van der Waals surface area contributed by atoms with Crippen LogP contribution in [0.5, 0.6) is 5.75 Å². The number of nitrogens with one attached hydrogen (secondary N) is 1. The number of rotatable bonds is 7. The van der Waals surface area contributed by atoms with Crippen LogP contribution in [0.3, 0.4) is 0 Å². The molecule has 0 spiro atoms. The Hall–Kier alpha value is -3.07. The first-order chi connectivity index (χ1) is 12.7. The second kappa shape index (κ2) is 8.54. The van der Waals surface area contributed by atoms with E-state index < -0.39 is 16.0 Å². The molecular weight excluding hydrogens is 372 g/mol. The highest BCUT2D eigenvalue weighted by Gasteiger charge is 2.19. The standard InChI is InChI=1S/C18H20N2O6S/c1-20(2)17(21)12-26-13-8-10-14(11-9-13)27(23,24)19-16-7-5-4-6-15(16)18(22)25-3/h4-11,19H,12H2,1-3H3. The molecule has 144 valence electrons. The third kappa shape index (κ3) is 5.20. The lowest BCUT2D eigenvalue weighted by molar-refractivity contribution is -0.130. The van der Waals surface area contributed by atoms with Crippen LogP contribution in [0, 0.1) is 0 Å². The summed E-state index contributed by atoms with van der Waals surface area (Å²) in [7, 11) is 0.509. The Labute approximate surface area is 157 Å². The van der Waals surface area contributed by atoms with E-state index in [1.807, 2.05) is 0 Å². The average molecular weight is 392 g/mol. The number of carbonyl (C=O) groups excluding carboxylic acids is 2. The van der Waals surface area contributed by atoms with Crippen LogP contribution in [0.1, 0.15) is 10.4 Å². The minimum atomic E-state index is -3.93. The molecule has 0 heterocycles. The Morgan fingerprint density at radius 3 is 2.26 bits per heavy atom. The molecule has 2 aromatic rings. The normalized spacial score (nSPS) is 10.8. The van der Waals surface area contributed by atoms with E-state index in [9.17, 15) is 18.0 Å². The average Bonchev–Trinajstić information content (AvgIpc) is 2.65. The minimum absolute atomic E-state index is 0.0199. The lowest BCUT2D eigenvalue weighted by atomic mass is 10.2. The Kier molecular flexibility index (Phi) is 6.40. The highest BCUT2D eigenvalue weighted by atomic mass is 32.2. The molecule has 0 unspecified atom stereocenters. The number of nitrogens with zero attached hydrogens (tertiary/aromatic N) is 1. The second-order valence-corrected chi connectivity index (χ2v) is 7.37. The van der Waals surface area contributed by atoms with E-state index in [4.69, 9.17) is 4.74 Å². The van der Waals surface area contributed by atoms with Gasteiger partial charge in [0.15, 0.2) is 6.61 Å². The molecule has 27 heavy (non-hydrogen) atoms. The highest BCUT2D eigenvalue weighted by Crippen LogP contribution is 2.22. The number of sulfonamides is 1. The summed E-state index contributed by atoms with van der Waals surface area (Å²) < 4.78 is 37.5. The molecule has 0 saturated carbocycles. The second-order valence-electron chi connectivity index (χ2n) is 5.69. The molecule has 0 aliphatic heterocycles. The van der Waals surface area contributed by atoms with Gasteiger partial charge in [-0.25, -0.2) is 13.2 Å². The van der Waals surface area contributed by atoms with E-state index in [1.54, 1.807) is 26.2 Å². The summed E-state index contributed by atoms with van der Waals surface area (Å²) in [4.78, 5) is 24.7. The lowest BCUT2D eigenvalue weighted by Gasteiger charge is -2.13. The van der Waals surface area contributed by atoms with Gasteiger partial charge in [0.25, 0.3) is 15.9 Å². The van der Waals surface area contributed by atoms with Crippen molar-refractivity contribution in [3.63, 3.8) is 0 Å². The van der Waals surface area contributed by atoms with Crippen molar-refractivity contribution in [1.29, 1.82) is 0 Å². The highest BCUT2D eigenvalue weighted by molar-refractivity contribution is 7.92. The van der Waals surface area contributed by atoms with Gasteiger partial charge in [0.2, 0.25) is 0 Å². The maximum absolute atomic E-state index is 12.6.